The number of rotatable bonds is 2. The van der Waals surface area contributed by atoms with Crippen LogP contribution in [0.1, 0.15) is 0 Å². The van der Waals surface area contributed by atoms with Crippen LogP contribution in [-0.2, 0) is 0 Å². The van der Waals surface area contributed by atoms with Crippen LogP contribution in [0.2, 0.25) is 5.02 Å². The highest BCUT2D eigenvalue weighted by atomic mass is 35.5. The van der Waals surface area contributed by atoms with Gasteiger partial charge in [0.25, 0.3) is 0 Å². The highest BCUT2D eigenvalue weighted by Gasteiger charge is 2.08. The summed E-state index contributed by atoms with van der Waals surface area (Å²) in [6, 6.07) is 11.3. The molecule has 3 aromatic rings. The van der Waals surface area contributed by atoms with Crippen LogP contribution in [0.4, 0.5) is 0 Å². The quantitative estimate of drug-likeness (QED) is 0.710. The van der Waals surface area contributed by atoms with E-state index in [-0.39, 0.29) is 0 Å². The second kappa shape index (κ2) is 4.31. The third-order valence-corrected chi connectivity index (χ3v) is 2.94. The summed E-state index contributed by atoms with van der Waals surface area (Å²) in [5, 5.41) is 8.93. The van der Waals surface area contributed by atoms with Crippen LogP contribution in [0.25, 0.3) is 17.0 Å². The Balaban J connectivity index is 2.15. The van der Waals surface area contributed by atoms with Crippen molar-refractivity contribution in [3.8, 4) is 17.1 Å². The number of aromatic nitrogens is 3. The molecule has 0 fully saturated rings. The van der Waals surface area contributed by atoms with Crippen molar-refractivity contribution in [1.82, 2.24) is 14.6 Å². The molecule has 18 heavy (non-hydrogen) atoms. The lowest BCUT2D eigenvalue weighted by molar-refractivity contribution is 0.415. The maximum Gasteiger partial charge on any atom is 0.168 e. The van der Waals surface area contributed by atoms with E-state index in [1.54, 1.807) is 19.4 Å². The zero-order valence-corrected chi connectivity index (χ0v) is 10.4. The molecule has 3 rings (SSSR count). The second-order valence-corrected chi connectivity index (χ2v) is 4.26. The second-order valence-electron chi connectivity index (χ2n) is 3.83. The van der Waals surface area contributed by atoms with Gasteiger partial charge < -0.3 is 4.74 Å². The molecule has 0 aliphatic heterocycles. The molecule has 0 unspecified atom stereocenters. The summed E-state index contributed by atoms with van der Waals surface area (Å²) in [6.45, 7) is 0. The van der Waals surface area contributed by atoms with Crippen LogP contribution in [0.15, 0.2) is 42.6 Å². The molecule has 0 bridgehead atoms. The van der Waals surface area contributed by atoms with Gasteiger partial charge in [-0.05, 0) is 36.4 Å². The van der Waals surface area contributed by atoms with Crippen molar-refractivity contribution in [1.29, 1.82) is 0 Å². The molecule has 0 atom stereocenters. The van der Waals surface area contributed by atoms with Crippen molar-refractivity contribution in [2.45, 2.75) is 0 Å². The van der Waals surface area contributed by atoms with Crippen molar-refractivity contribution in [2.75, 3.05) is 7.11 Å². The third kappa shape index (κ3) is 1.80. The van der Waals surface area contributed by atoms with Crippen LogP contribution in [0.5, 0.6) is 5.75 Å². The van der Waals surface area contributed by atoms with Gasteiger partial charge in [-0.3, -0.25) is 4.40 Å². The first-order chi connectivity index (χ1) is 8.78. The van der Waals surface area contributed by atoms with Gasteiger partial charge in [-0.1, -0.05) is 11.6 Å². The van der Waals surface area contributed by atoms with Crippen molar-refractivity contribution in [2.24, 2.45) is 0 Å². The Morgan fingerprint density at radius 3 is 2.56 bits per heavy atom. The molecule has 2 aromatic heterocycles. The highest BCUT2D eigenvalue weighted by Crippen LogP contribution is 2.22. The molecule has 4 nitrogen and oxygen atoms in total. The minimum atomic E-state index is 0.650. The molecule has 0 aliphatic rings. The summed E-state index contributed by atoms with van der Waals surface area (Å²) in [4.78, 5) is 0. The number of hydrogen-bond acceptors (Lipinski definition) is 3. The lowest BCUT2D eigenvalue weighted by atomic mass is 10.2. The average molecular weight is 260 g/mol. The van der Waals surface area contributed by atoms with E-state index in [1.165, 1.54) is 0 Å². The first kappa shape index (κ1) is 11.0. The Kier molecular flexibility index (Phi) is 2.64. The zero-order valence-electron chi connectivity index (χ0n) is 9.67. The van der Waals surface area contributed by atoms with Gasteiger partial charge in [-0.25, -0.2) is 0 Å². The van der Waals surface area contributed by atoms with Crippen molar-refractivity contribution in [3.63, 3.8) is 0 Å². The monoisotopic (exact) mass is 259 g/mol. The molecule has 0 spiro atoms. The number of nitrogens with zero attached hydrogens (tertiary/aromatic N) is 3. The molecule has 1 aromatic carbocycles. The number of fused-ring (bicyclic) bond motifs is 1. The third-order valence-electron chi connectivity index (χ3n) is 2.71. The van der Waals surface area contributed by atoms with E-state index in [9.17, 15) is 0 Å². The number of ether oxygens (including phenoxy) is 1. The molecule has 0 amide bonds. The standard InChI is InChI=1S/C13H10ClN3O/c1-18-11-5-2-9(3-6-11)13-16-15-12-7-4-10(14)8-17(12)13/h2-8H,1H3. The topological polar surface area (TPSA) is 39.4 Å². The maximum absolute atomic E-state index is 5.99. The maximum atomic E-state index is 5.99. The fraction of sp³-hybridized carbons (Fsp3) is 0.0769. The normalized spacial score (nSPS) is 10.8. The van der Waals surface area contributed by atoms with E-state index in [2.05, 4.69) is 10.2 Å². The first-order valence-corrected chi connectivity index (χ1v) is 5.80. The SMILES string of the molecule is COc1ccc(-c2nnc3ccc(Cl)cn23)cc1. The van der Waals surface area contributed by atoms with Crippen molar-refractivity contribution < 1.29 is 4.74 Å². The lowest BCUT2D eigenvalue weighted by Crippen LogP contribution is -1.89. The van der Waals surface area contributed by atoms with Crippen LogP contribution < -0.4 is 4.74 Å². The van der Waals surface area contributed by atoms with Crippen LogP contribution in [0.3, 0.4) is 0 Å². The van der Waals surface area contributed by atoms with Crippen LogP contribution >= 0.6 is 11.6 Å². The van der Waals surface area contributed by atoms with Gasteiger partial charge in [-0.2, -0.15) is 0 Å². The Hall–Kier alpha value is -2.07. The average Bonchev–Trinajstić information content (AvgIpc) is 2.82. The number of methoxy groups -OCH3 is 1. The molecular weight excluding hydrogens is 250 g/mol. The molecular formula is C13H10ClN3O. The van der Waals surface area contributed by atoms with E-state index in [1.807, 2.05) is 34.7 Å². The van der Waals surface area contributed by atoms with Gasteiger partial charge in [0.05, 0.1) is 12.1 Å². The van der Waals surface area contributed by atoms with Gasteiger partial charge in [0.15, 0.2) is 11.5 Å². The summed E-state index contributed by atoms with van der Waals surface area (Å²) in [5.74, 6) is 1.57. The van der Waals surface area contributed by atoms with E-state index >= 15 is 0 Å². The van der Waals surface area contributed by atoms with Gasteiger partial charge in [0, 0.05) is 11.8 Å². The molecule has 0 saturated heterocycles. The molecule has 0 saturated carbocycles. The van der Waals surface area contributed by atoms with Gasteiger partial charge in [0.1, 0.15) is 5.75 Å². The number of halogens is 1. The summed E-state index contributed by atoms with van der Waals surface area (Å²) >= 11 is 5.99. The minimum absolute atomic E-state index is 0.650. The predicted molar refractivity (Wildman–Crippen MR) is 70.0 cm³/mol. The lowest BCUT2D eigenvalue weighted by Gasteiger charge is -2.02. The van der Waals surface area contributed by atoms with Gasteiger partial charge >= 0.3 is 0 Å². The fourth-order valence-corrected chi connectivity index (χ4v) is 1.96. The van der Waals surface area contributed by atoms with Gasteiger partial charge in [0.2, 0.25) is 0 Å². The van der Waals surface area contributed by atoms with E-state index in [0.29, 0.717) is 5.02 Å². The predicted octanol–water partition coefficient (Wildman–Crippen LogP) is 3.06. The highest BCUT2D eigenvalue weighted by molar-refractivity contribution is 6.30. The van der Waals surface area contributed by atoms with Crippen molar-refractivity contribution in [3.05, 3.63) is 47.6 Å². The number of benzene rings is 1. The largest absolute Gasteiger partial charge is 0.497 e. The van der Waals surface area contributed by atoms with Gasteiger partial charge in [-0.15, -0.1) is 10.2 Å². The number of hydrogen-bond donors (Lipinski definition) is 0. The summed E-state index contributed by atoms with van der Waals surface area (Å²) in [7, 11) is 1.64. The number of pyridine rings is 1. The van der Waals surface area contributed by atoms with E-state index in [4.69, 9.17) is 16.3 Å². The fourth-order valence-electron chi connectivity index (χ4n) is 1.80. The Labute approximate surface area is 109 Å². The molecule has 0 radical (unpaired) electrons. The van der Waals surface area contributed by atoms with Crippen LogP contribution in [-0.4, -0.2) is 21.7 Å². The molecule has 0 N–H and O–H groups in total. The molecule has 2 heterocycles. The zero-order chi connectivity index (χ0) is 12.5. The smallest absolute Gasteiger partial charge is 0.168 e. The molecule has 90 valence electrons. The van der Waals surface area contributed by atoms with Crippen molar-refractivity contribution >= 4 is 17.2 Å². The first-order valence-electron chi connectivity index (χ1n) is 5.42. The van der Waals surface area contributed by atoms with E-state index in [0.717, 1.165) is 22.8 Å². The Bertz CT molecular complexity index is 691. The summed E-state index contributed by atoms with van der Waals surface area (Å²) in [5.41, 5.74) is 1.73. The Morgan fingerprint density at radius 2 is 1.83 bits per heavy atom. The Morgan fingerprint density at radius 1 is 1.06 bits per heavy atom. The summed E-state index contributed by atoms with van der Waals surface area (Å²) < 4.78 is 6.99. The molecule has 5 heteroatoms. The minimum Gasteiger partial charge on any atom is -0.497 e. The molecule has 0 aliphatic carbocycles. The summed E-state index contributed by atoms with van der Waals surface area (Å²) in [6.07, 6.45) is 1.80. The van der Waals surface area contributed by atoms with E-state index < -0.39 is 0 Å². The van der Waals surface area contributed by atoms with Crippen LogP contribution in [0, 0.1) is 0 Å².